The number of piperazine rings is 1. The number of benzene rings is 1. The summed E-state index contributed by atoms with van der Waals surface area (Å²) in [7, 11) is 0. The first-order valence-electron chi connectivity index (χ1n) is 13.8. The van der Waals surface area contributed by atoms with Crippen molar-refractivity contribution in [2.75, 3.05) is 44.2 Å². The molecule has 0 aromatic heterocycles. The fourth-order valence-electron chi connectivity index (χ4n) is 6.40. The van der Waals surface area contributed by atoms with Gasteiger partial charge < -0.3 is 19.9 Å². The largest absolute Gasteiger partial charge is 0.369 e. The van der Waals surface area contributed by atoms with E-state index in [4.69, 9.17) is 4.74 Å². The van der Waals surface area contributed by atoms with E-state index in [0.29, 0.717) is 11.6 Å². The number of carbonyl (C=O) groups is 3. The number of nitrogens with one attached hydrogen (secondary N) is 1. The van der Waals surface area contributed by atoms with Crippen LogP contribution in [0.4, 0.5) is 10.1 Å². The lowest BCUT2D eigenvalue weighted by Crippen LogP contribution is -2.55. The van der Waals surface area contributed by atoms with Gasteiger partial charge in [-0.15, -0.1) is 0 Å². The first kappa shape index (κ1) is 26.1. The van der Waals surface area contributed by atoms with Crippen LogP contribution in [0.15, 0.2) is 24.3 Å². The molecule has 0 spiro atoms. The Morgan fingerprint density at radius 2 is 1.70 bits per heavy atom. The number of amides is 2. The molecule has 0 bridgehead atoms. The number of nitrogens with zero attached hydrogens (tertiary/aromatic N) is 3. The van der Waals surface area contributed by atoms with Crippen molar-refractivity contribution in [2.45, 2.75) is 76.4 Å². The summed E-state index contributed by atoms with van der Waals surface area (Å²) in [6.45, 7) is 8.00. The number of ether oxygens (including phenoxy) is 1. The van der Waals surface area contributed by atoms with Crippen molar-refractivity contribution in [3.63, 3.8) is 0 Å². The zero-order valence-electron chi connectivity index (χ0n) is 21.9. The fraction of sp³-hybridized carbons (Fsp3) is 0.679. The molecule has 3 heterocycles. The normalized spacial score (nSPS) is 28.0. The van der Waals surface area contributed by atoms with E-state index in [9.17, 15) is 18.8 Å². The summed E-state index contributed by atoms with van der Waals surface area (Å²) in [5.41, 5.74) is 1.57. The van der Waals surface area contributed by atoms with Gasteiger partial charge in [0.1, 0.15) is 31.0 Å². The maximum absolute atomic E-state index is 14.6. The third kappa shape index (κ3) is 5.39. The maximum Gasteiger partial charge on any atom is 0.251 e. The summed E-state index contributed by atoms with van der Waals surface area (Å²) in [6.07, 6.45) is 2.44. The molecule has 9 heteroatoms. The number of rotatable bonds is 6. The smallest absolute Gasteiger partial charge is 0.251 e. The van der Waals surface area contributed by atoms with Gasteiger partial charge in [0.25, 0.3) is 5.91 Å². The first-order chi connectivity index (χ1) is 17.8. The Bertz CT molecular complexity index is 988. The number of hydrogen-bond donors (Lipinski definition) is 1. The average Bonchev–Trinajstić information content (AvgIpc) is 3.47. The Morgan fingerprint density at radius 3 is 2.35 bits per heavy atom. The second kappa shape index (κ2) is 11.1. The third-order valence-electron chi connectivity index (χ3n) is 8.62. The average molecular weight is 515 g/mol. The van der Waals surface area contributed by atoms with Crippen LogP contribution in [-0.2, 0) is 14.3 Å². The Balaban J connectivity index is 1.28. The number of alkyl halides is 1. The fourth-order valence-corrected chi connectivity index (χ4v) is 6.40. The molecule has 1 aliphatic carbocycles. The molecule has 202 valence electrons. The lowest BCUT2D eigenvalue weighted by atomic mass is 9.83. The van der Waals surface area contributed by atoms with Crippen molar-refractivity contribution in [2.24, 2.45) is 5.92 Å². The zero-order chi connectivity index (χ0) is 26.1. The van der Waals surface area contributed by atoms with Crippen LogP contribution in [0.2, 0.25) is 0 Å². The van der Waals surface area contributed by atoms with Gasteiger partial charge >= 0.3 is 0 Å². The van der Waals surface area contributed by atoms with Gasteiger partial charge in [-0.1, -0.05) is 19.3 Å². The van der Waals surface area contributed by atoms with Gasteiger partial charge in [-0.3, -0.25) is 19.3 Å². The number of likely N-dealkylation sites (tertiary alicyclic amines) is 1. The van der Waals surface area contributed by atoms with Gasteiger partial charge in [0.05, 0.1) is 6.54 Å². The molecule has 1 aromatic rings. The minimum absolute atomic E-state index is 0.0312. The Kier molecular flexibility index (Phi) is 7.81. The predicted octanol–water partition coefficient (Wildman–Crippen LogP) is 2.41. The Labute approximate surface area is 218 Å². The molecular weight excluding hydrogens is 475 g/mol. The van der Waals surface area contributed by atoms with Gasteiger partial charge in [-0.2, -0.15) is 0 Å². The second-order valence-corrected chi connectivity index (χ2v) is 11.2. The molecule has 3 saturated heterocycles. The zero-order valence-corrected chi connectivity index (χ0v) is 21.9. The van der Waals surface area contributed by atoms with Crippen molar-refractivity contribution in [3.8, 4) is 0 Å². The van der Waals surface area contributed by atoms with Crippen LogP contribution < -0.4 is 10.2 Å². The Hall–Kier alpha value is -2.52. The number of fused-ring (bicyclic) bond motifs is 1. The van der Waals surface area contributed by atoms with Crippen molar-refractivity contribution in [1.82, 2.24) is 15.1 Å². The maximum atomic E-state index is 14.6. The lowest BCUT2D eigenvalue weighted by molar-refractivity contribution is -0.139. The SMILES string of the molecule is CC(C)N1CCN(c2ccc(C(=O)N[C@H](C(=O)N3C[C@H](F)[C@H]4OCC(=O)[C@H]43)C3CCCCC3)cc2)CC1. The van der Waals surface area contributed by atoms with Crippen LogP contribution in [0, 0.1) is 5.92 Å². The molecule has 0 unspecified atom stereocenters. The molecule has 5 rings (SSSR count). The van der Waals surface area contributed by atoms with Crippen LogP contribution in [0.3, 0.4) is 0 Å². The third-order valence-corrected chi connectivity index (χ3v) is 8.62. The summed E-state index contributed by atoms with van der Waals surface area (Å²) in [6, 6.07) is 6.40. The van der Waals surface area contributed by atoms with Crippen molar-refractivity contribution in [1.29, 1.82) is 0 Å². The van der Waals surface area contributed by atoms with Crippen molar-refractivity contribution in [3.05, 3.63) is 29.8 Å². The Morgan fingerprint density at radius 1 is 1.03 bits per heavy atom. The van der Waals surface area contributed by atoms with E-state index in [1.165, 1.54) is 4.90 Å². The minimum Gasteiger partial charge on any atom is -0.369 e. The van der Waals surface area contributed by atoms with Gasteiger partial charge in [0.15, 0.2) is 5.78 Å². The molecule has 0 radical (unpaired) electrons. The lowest BCUT2D eigenvalue weighted by Gasteiger charge is -2.38. The first-order valence-corrected chi connectivity index (χ1v) is 13.8. The van der Waals surface area contributed by atoms with Crippen LogP contribution >= 0.6 is 0 Å². The molecular formula is C28H39FN4O4. The molecule has 1 aromatic carbocycles. The number of Topliss-reactive ketones (excluding diaryl/α,β-unsaturated/α-hetero) is 1. The summed E-state index contributed by atoms with van der Waals surface area (Å²) >= 11 is 0. The molecule has 2 amide bonds. The van der Waals surface area contributed by atoms with E-state index in [-0.39, 0.29) is 36.7 Å². The summed E-state index contributed by atoms with van der Waals surface area (Å²) < 4.78 is 19.9. The summed E-state index contributed by atoms with van der Waals surface area (Å²) in [4.78, 5) is 45.5. The molecule has 1 saturated carbocycles. The van der Waals surface area contributed by atoms with E-state index in [2.05, 4.69) is 29.0 Å². The minimum atomic E-state index is -1.39. The van der Waals surface area contributed by atoms with Crippen LogP contribution in [0.25, 0.3) is 0 Å². The molecule has 3 aliphatic heterocycles. The van der Waals surface area contributed by atoms with Gasteiger partial charge in [-0.05, 0) is 56.9 Å². The number of carbonyl (C=O) groups excluding carboxylic acids is 3. The molecule has 4 atom stereocenters. The van der Waals surface area contributed by atoms with Crippen LogP contribution in [0.1, 0.15) is 56.3 Å². The number of halogens is 1. The number of anilines is 1. The predicted molar refractivity (Wildman–Crippen MR) is 138 cm³/mol. The monoisotopic (exact) mass is 514 g/mol. The van der Waals surface area contributed by atoms with Crippen molar-refractivity contribution >= 4 is 23.3 Å². The standard InChI is InChI=1S/C28H39FN4O4/c1-18(2)31-12-14-32(15-13-31)21-10-8-20(9-11-21)27(35)30-24(19-6-4-3-5-7-19)28(36)33-16-22(29)26-25(33)23(34)17-37-26/h8-11,18-19,22,24-26H,3-7,12-17H2,1-2H3,(H,30,35)/t22-,24-,25+,26+/m0/s1. The van der Waals surface area contributed by atoms with Crippen LogP contribution in [0.5, 0.6) is 0 Å². The van der Waals surface area contributed by atoms with E-state index in [1.807, 2.05) is 12.1 Å². The molecule has 1 N–H and O–H groups in total. The highest BCUT2D eigenvalue weighted by atomic mass is 19.1. The second-order valence-electron chi connectivity index (χ2n) is 11.2. The van der Waals surface area contributed by atoms with E-state index in [1.54, 1.807) is 12.1 Å². The quantitative estimate of drug-likeness (QED) is 0.628. The molecule has 8 nitrogen and oxygen atoms in total. The van der Waals surface area contributed by atoms with Gasteiger partial charge in [0.2, 0.25) is 5.91 Å². The van der Waals surface area contributed by atoms with E-state index >= 15 is 0 Å². The molecule has 4 aliphatic rings. The molecule has 37 heavy (non-hydrogen) atoms. The highest BCUT2D eigenvalue weighted by Crippen LogP contribution is 2.33. The summed E-state index contributed by atoms with van der Waals surface area (Å²) in [5, 5.41) is 2.98. The van der Waals surface area contributed by atoms with E-state index < -0.39 is 24.4 Å². The van der Waals surface area contributed by atoms with Gasteiger partial charge in [-0.25, -0.2) is 4.39 Å². The van der Waals surface area contributed by atoms with E-state index in [0.717, 1.165) is 64.0 Å². The molecule has 4 fully saturated rings. The van der Waals surface area contributed by atoms with Crippen molar-refractivity contribution < 1.29 is 23.5 Å². The topological polar surface area (TPSA) is 82.2 Å². The summed E-state index contributed by atoms with van der Waals surface area (Å²) in [5.74, 6) is -0.983. The highest BCUT2D eigenvalue weighted by Gasteiger charge is 2.54. The highest BCUT2D eigenvalue weighted by molar-refractivity contribution is 5.99. The number of hydrogen-bond acceptors (Lipinski definition) is 6. The van der Waals surface area contributed by atoms with Crippen LogP contribution in [-0.4, -0.2) is 97.1 Å². The number of ketones is 1. The van der Waals surface area contributed by atoms with Gasteiger partial charge in [0, 0.05) is 43.5 Å².